The van der Waals surface area contributed by atoms with E-state index in [0.717, 1.165) is 69.4 Å². The minimum atomic E-state index is -1.06. The number of halogens is 1. The molecule has 4 amide bonds. The third-order valence-electron chi connectivity index (χ3n) is 6.45. The molecule has 0 aliphatic carbocycles. The highest BCUT2D eigenvalue weighted by atomic mass is 19.1. The highest BCUT2D eigenvalue weighted by molar-refractivity contribution is 6.23. The molecule has 0 saturated carbocycles. The number of unbranched alkanes of at least 4 members (excludes halogenated alkanes) is 3. The molecule has 0 spiro atoms. The topological polar surface area (TPSA) is 111 Å². The Bertz CT molecular complexity index is 947. The number of hydrogen-bond acceptors (Lipinski definition) is 7. The number of carbonyl (C=O) groups is 4. The molecule has 1 unspecified atom stereocenters. The van der Waals surface area contributed by atoms with Crippen LogP contribution >= 0.6 is 0 Å². The lowest BCUT2D eigenvalue weighted by Crippen LogP contribution is -2.54. The van der Waals surface area contributed by atoms with E-state index in [4.69, 9.17) is 0 Å². The molecule has 2 saturated heterocycles. The van der Waals surface area contributed by atoms with E-state index in [2.05, 4.69) is 20.9 Å². The number of carbonyl (C=O) groups excluding carboxylic acids is 4. The number of benzene rings is 1. The van der Waals surface area contributed by atoms with E-state index in [1.54, 1.807) is 0 Å². The largest absolute Gasteiger partial charge is 0.383 e. The van der Waals surface area contributed by atoms with E-state index in [-0.39, 0.29) is 29.7 Å². The van der Waals surface area contributed by atoms with Gasteiger partial charge in [0.25, 0.3) is 11.8 Å². The molecule has 1 atom stereocenters. The molecule has 10 heteroatoms. The predicted molar refractivity (Wildman–Crippen MR) is 119 cm³/mol. The maximum atomic E-state index is 14.6. The molecular formula is C23H30FN5O4. The zero-order valence-corrected chi connectivity index (χ0v) is 18.6. The van der Waals surface area contributed by atoms with Crippen LogP contribution in [0.3, 0.4) is 0 Å². The van der Waals surface area contributed by atoms with Crippen LogP contribution < -0.4 is 16.0 Å². The van der Waals surface area contributed by atoms with Gasteiger partial charge in [-0.15, -0.1) is 0 Å². The van der Waals surface area contributed by atoms with E-state index in [1.807, 2.05) is 0 Å². The summed E-state index contributed by atoms with van der Waals surface area (Å²) in [4.78, 5) is 52.4. The van der Waals surface area contributed by atoms with E-state index in [0.29, 0.717) is 6.54 Å². The van der Waals surface area contributed by atoms with Crippen LogP contribution in [-0.2, 0) is 9.59 Å². The van der Waals surface area contributed by atoms with Crippen LogP contribution in [0.4, 0.5) is 10.1 Å². The average Bonchev–Trinajstić information content (AvgIpc) is 3.03. The van der Waals surface area contributed by atoms with Crippen molar-refractivity contribution < 1.29 is 23.6 Å². The first-order valence-corrected chi connectivity index (χ1v) is 11.7. The van der Waals surface area contributed by atoms with Crippen molar-refractivity contribution in [1.29, 1.82) is 0 Å². The molecule has 1 aromatic rings. The number of piperidine rings is 1. The summed E-state index contributed by atoms with van der Waals surface area (Å²) in [6, 6.07) is 1.34. The van der Waals surface area contributed by atoms with Crippen molar-refractivity contribution in [2.75, 3.05) is 44.6 Å². The summed E-state index contributed by atoms with van der Waals surface area (Å²) in [6.45, 7) is 5.96. The second-order valence-electron chi connectivity index (χ2n) is 8.76. The lowest BCUT2D eigenvalue weighted by atomic mass is 10.0. The minimum absolute atomic E-state index is 0.0419. The van der Waals surface area contributed by atoms with Gasteiger partial charge in [-0.05, 0) is 37.9 Å². The van der Waals surface area contributed by atoms with Gasteiger partial charge in [-0.3, -0.25) is 29.4 Å². The van der Waals surface area contributed by atoms with E-state index >= 15 is 0 Å². The Morgan fingerprint density at radius 1 is 0.970 bits per heavy atom. The van der Waals surface area contributed by atoms with Crippen LogP contribution in [0.5, 0.6) is 0 Å². The molecular weight excluding hydrogens is 429 g/mol. The number of amides is 4. The average molecular weight is 460 g/mol. The molecule has 9 nitrogen and oxygen atoms in total. The van der Waals surface area contributed by atoms with Gasteiger partial charge >= 0.3 is 0 Å². The second kappa shape index (κ2) is 10.4. The van der Waals surface area contributed by atoms with Crippen molar-refractivity contribution >= 4 is 29.3 Å². The van der Waals surface area contributed by atoms with Crippen molar-refractivity contribution in [3.63, 3.8) is 0 Å². The van der Waals surface area contributed by atoms with Crippen molar-refractivity contribution in [2.24, 2.45) is 0 Å². The summed E-state index contributed by atoms with van der Waals surface area (Å²) in [6.07, 6.45) is 4.24. The van der Waals surface area contributed by atoms with E-state index in [1.165, 1.54) is 6.07 Å². The monoisotopic (exact) mass is 459 g/mol. The first-order valence-electron chi connectivity index (χ1n) is 11.7. The first-order chi connectivity index (χ1) is 16.0. The normalized spacial score (nSPS) is 21.4. The van der Waals surface area contributed by atoms with Gasteiger partial charge in [-0.25, -0.2) is 4.39 Å². The molecule has 0 bridgehead atoms. The van der Waals surface area contributed by atoms with Gasteiger partial charge in [-0.1, -0.05) is 12.8 Å². The predicted octanol–water partition coefficient (Wildman–Crippen LogP) is 1.10. The number of rotatable bonds is 9. The maximum absolute atomic E-state index is 14.6. The van der Waals surface area contributed by atoms with Crippen LogP contribution in [0, 0.1) is 5.82 Å². The summed E-state index contributed by atoms with van der Waals surface area (Å²) in [5, 5.41) is 8.52. The highest BCUT2D eigenvalue weighted by Gasteiger charge is 2.45. The number of nitrogens with zero attached hydrogens (tertiary/aromatic N) is 2. The zero-order valence-electron chi connectivity index (χ0n) is 18.6. The maximum Gasteiger partial charge on any atom is 0.262 e. The van der Waals surface area contributed by atoms with Gasteiger partial charge in [0.1, 0.15) is 11.9 Å². The Labute approximate surface area is 192 Å². The Morgan fingerprint density at radius 2 is 1.67 bits per heavy atom. The molecule has 3 N–H and O–H groups in total. The molecule has 0 aromatic heterocycles. The number of imide groups is 2. The number of fused-ring (bicyclic) bond motifs is 1. The van der Waals surface area contributed by atoms with Crippen LogP contribution in [-0.4, -0.2) is 78.7 Å². The summed E-state index contributed by atoms with van der Waals surface area (Å²) in [5.74, 6) is -3.08. The van der Waals surface area contributed by atoms with Crippen LogP contribution in [0.25, 0.3) is 0 Å². The van der Waals surface area contributed by atoms with Gasteiger partial charge in [0.15, 0.2) is 0 Å². The van der Waals surface area contributed by atoms with E-state index < -0.39 is 35.5 Å². The van der Waals surface area contributed by atoms with E-state index in [9.17, 15) is 23.6 Å². The van der Waals surface area contributed by atoms with Gasteiger partial charge in [0.2, 0.25) is 11.8 Å². The molecule has 1 aromatic carbocycles. The van der Waals surface area contributed by atoms with Crippen molar-refractivity contribution in [3.8, 4) is 0 Å². The summed E-state index contributed by atoms with van der Waals surface area (Å²) in [7, 11) is 0. The zero-order chi connectivity index (χ0) is 23.4. The smallest absolute Gasteiger partial charge is 0.262 e. The SMILES string of the molecule is O=C1CCC(N2C(=O)c3cc(F)c(NCCCCCCN4CCNCC4)cc3C2=O)C(=O)N1. The Kier molecular flexibility index (Phi) is 7.34. The summed E-state index contributed by atoms with van der Waals surface area (Å²) < 4.78 is 14.6. The van der Waals surface area contributed by atoms with Crippen molar-refractivity contribution in [3.05, 3.63) is 29.1 Å². The molecule has 3 aliphatic heterocycles. The van der Waals surface area contributed by atoms with Crippen molar-refractivity contribution in [2.45, 2.75) is 44.6 Å². The summed E-state index contributed by atoms with van der Waals surface area (Å²) in [5.41, 5.74) is 0.186. The van der Waals surface area contributed by atoms with Crippen molar-refractivity contribution in [1.82, 2.24) is 20.4 Å². The highest BCUT2D eigenvalue weighted by Crippen LogP contribution is 2.31. The third kappa shape index (κ3) is 5.22. The first kappa shape index (κ1) is 23.3. The number of nitrogens with one attached hydrogen (secondary N) is 3. The Morgan fingerprint density at radius 3 is 2.39 bits per heavy atom. The lowest BCUT2D eigenvalue weighted by Gasteiger charge is -2.27. The number of piperazine rings is 1. The summed E-state index contributed by atoms with van der Waals surface area (Å²) >= 11 is 0. The van der Waals surface area contributed by atoms with Gasteiger partial charge in [-0.2, -0.15) is 0 Å². The van der Waals surface area contributed by atoms with Gasteiger partial charge in [0, 0.05) is 39.1 Å². The molecule has 3 heterocycles. The fraction of sp³-hybridized carbons (Fsp3) is 0.565. The van der Waals surface area contributed by atoms with Crippen LogP contribution in [0.2, 0.25) is 0 Å². The fourth-order valence-electron chi connectivity index (χ4n) is 4.60. The minimum Gasteiger partial charge on any atom is -0.383 e. The molecule has 4 rings (SSSR count). The number of anilines is 1. The van der Waals surface area contributed by atoms with Gasteiger partial charge < -0.3 is 15.5 Å². The Hall–Kier alpha value is -2.85. The van der Waals surface area contributed by atoms with Crippen LogP contribution in [0.15, 0.2) is 12.1 Å². The molecule has 178 valence electrons. The quantitative estimate of drug-likeness (QED) is 0.375. The molecule has 0 radical (unpaired) electrons. The standard InChI is InChI=1S/C23H30FN5O4/c24-17-13-15-16(23(33)29(22(15)32)19-5-6-20(30)27-21(19)31)14-18(17)26-7-3-1-2-4-10-28-11-8-25-9-12-28/h13-14,19,25-26H,1-12H2,(H,27,30,31). The molecule has 33 heavy (non-hydrogen) atoms. The molecule has 2 fully saturated rings. The van der Waals surface area contributed by atoms with Crippen LogP contribution in [0.1, 0.15) is 59.2 Å². The number of hydrogen-bond donors (Lipinski definition) is 3. The fourth-order valence-corrected chi connectivity index (χ4v) is 4.60. The molecule has 3 aliphatic rings. The lowest BCUT2D eigenvalue weighted by molar-refractivity contribution is -0.136. The second-order valence-corrected chi connectivity index (χ2v) is 8.76. The van der Waals surface area contributed by atoms with Gasteiger partial charge in [0.05, 0.1) is 16.8 Å². The Balaban J connectivity index is 1.28. The third-order valence-corrected chi connectivity index (χ3v) is 6.45.